The van der Waals surface area contributed by atoms with E-state index in [9.17, 15) is 13.2 Å². The first-order valence-corrected chi connectivity index (χ1v) is 11.9. The van der Waals surface area contributed by atoms with Gasteiger partial charge >= 0.3 is 0 Å². The molecule has 1 saturated heterocycles. The van der Waals surface area contributed by atoms with E-state index in [2.05, 4.69) is 30.9 Å². The molecular weight excluding hydrogens is 438 g/mol. The molecule has 0 aliphatic carbocycles. The fourth-order valence-corrected chi connectivity index (χ4v) is 5.11. The smallest absolute Gasteiger partial charge is 0.243 e. The van der Waals surface area contributed by atoms with Crippen molar-refractivity contribution in [3.8, 4) is 5.75 Å². The molecule has 0 spiro atoms. The molecule has 7 nitrogen and oxygen atoms in total. The van der Waals surface area contributed by atoms with Crippen LogP contribution < -0.4 is 9.64 Å². The Morgan fingerprint density at radius 2 is 1.81 bits per heavy atom. The number of halogens is 1. The lowest BCUT2D eigenvalue weighted by Gasteiger charge is -2.37. The summed E-state index contributed by atoms with van der Waals surface area (Å²) in [5.74, 6) is 0.173. The predicted molar refractivity (Wildman–Crippen MR) is 123 cm³/mol. The van der Waals surface area contributed by atoms with Gasteiger partial charge in [0.15, 0.2) is 0 Å². The molecule has 2 aromatic rings. The molecule has 2 aromatic carbocycles. The molecule has 1 amide bonds. The van der Waals surface area contributed by atoms with E-state index in [1.165, 1.54) is 49.2 Å². The van der Waals surface area contributed by atoms with E-state index in [-0.39, 0.29) is 22.4 Å². The molecule has 0 unspecified atom stereocenters. The van der Waals surface area contributed by atoms with Crippen molar-refractivity contribution in [2.24, 2.45) is 0 Å². The summed E-state index contributed by atoms with van der Waals surface area (Å²) < 4.78 is 31.8. The van der Waals surface area contributed by atoms with Crippen molar-refractivity contribution in [3.05, 3.63) is 52.5 Å². The Morgan fingerprint density at radius 3 is 2.42 bits per heavy atom. The van der Waals surface area contributed by atoms with Gasteiger partial charge in [0.25, 0.3) is 0 Å². The lowest BCUT2D eigenvalue weighted by Crippen LogP contribution is -2.51. The van der Waals surface area contributed by atoms with Gasteiger partial charge in [-0.2, -0.15) is 4.31 Å². The van der Waals surface area contributed by atoms with E-state index in [0.29, 0.717) is 31.9 Å². The van der Waals surface area contributed by atoms with Crippen molar-refractivity contribution in [2.45, 2.75) is 18.7 Å². The number of amides is 1. The van der Waals surface area contributed by atoms with E-state index in [4.69, 9.17) is 16.3 Å². The third-order valence-corrected chi connectivity index (χ3v) is 7.83. The molecule has 1 aliphatic rings. The second kappa shape index (κ2) is 9.46. The summed E-state index contributed by atoms with van der Waals surface area (Å²) in [5, 5.41) is 0.200. The first kappa shape index (κ1) is 23.4. The van der Waals surface area contributed by atoms with Crippen LogP contribution >= 0.6 is 11.6 Å². The number of benzene rings is 2. The fourth-order valence-electron chi connectivity index (χ4n) is 3.64. The average molecular weight is 466 g/mol. The van der Waals surface area contributed by atoms with Crippen molar-refractivity contribution in [1.29, 1.82) is 0 Å². The number of carbonyl (C=O) groups is 1. The standard InChI is InChI=1S/C22H28ClN3O4S/c1-16-6-5-7-20(17(16)2)25-10-12-26(13-11-25)22(27)15-24(3)31(28,29)18-8-9-21(30-4)19(23)14-18/h5-9,14H,10-13,15H2,1-4H3. The zero-order valence-electron chi connectivity index (χ0n) is 18.3. The minimum absolute atomic E-state index is 0.0216. The van der Waals surface area contributed by atoms with Crippen LogP contribution in [0.2, 0.25) is 5.02 Å². The van der Waals surface area contributed by atoms with E-state index in [1.54, 1.807) is 4.90 Å². The van der Waals surface area contributed by atoms with Gasteiger partial charge in [-0.3, -0.25) is 4.79 Å². The fraction of sp³-hybridized carbons (Fsp3) is 0.409. The third-order valence-electron chi connectivity index (χ3n) is 5.74. The highest BCUT2D eigenvalue weighted by molar-refractivity contribution is 7.89. The zero-order valence-corrected chi connectivity index (χ0v) is 19.8. The lowest BCUT2D eigenvalue weighted by atomic mass is 10.1. The molecule has 3 rings (SSSR count). The summed E-state index contributed by atoms with van der Waals surface area (Å²) in [5.41, 5.74) is 3.66. The second-order valence-corrected chi connectivity index (χ2v) is 10.1. The second-order valence-electron chi connectivity index (χ2n) is 7.64. The van der Waals surface area contributed by atoms with Gasteiger partial charge in [0.05, 0.1) is 23.6 Å². The van der Waals surface area contributed by atoms with Crippen molar-refractivity contribution in [2.75, 3.05) is 51.8 Å². The zero-order chi connectivity index (χ0) is 22.8. The maximum Gasteiger partial charge on any atom is 0.243 e. The number of methoxy groups -OCH3 is 1. The number of nitrogens with zero attached hydrogens (tertiary/aromatic N) is 3. The molecular formula is C22H28ClN3O4S. The average Bonchev–Trinajstić information content (AvgIpc) is 2.75. The van der Waals surface area contributed by atoms with Gasteiger partial charge in [0.1, 0.15) is 5.75 Å². The molecule has 1 heterocycles. The first-order chi connectivity index (χ1) is 14.6. The first-order valence-electron chi connectivity index (χ1n) is 10.0. The summed E-state index contributed by atoms with van der Waals surface area (Å²) in [7, 11) is -0.990. The summed E-state index contributed by atoms with van der Waals surface area (Å²) >= 11 is 6.06. The number of ether oxygens (including phenoxy) is 1. The Morgan fingerprint density at radius 1 is 1.13 bits per heavy atom. The molecule has 1 aliphatic heterocycles. The number of hydrogen-bond donors (Lipinski definition) is 0. The summed E-state index contributed by atoms with van der Waals surface area (Å²) in [6, 6.07) is 10.5. The van der Waals surface area contributed by atoms with Gasteiger partial charge in [0.2, 0.25) is 15.9 Å². The third kappa shape index (κ3) is 4.97. The minimum Gasteiger partial charge on any atom is -0.495 e. The van der Waals surface area contributed by atoms with Gasteiger partial charge < -0.3 is 14.5 Å². The number of likely N-dealkylation sites (N-methyl/N-ethyl adjacent to an activating group) is 1. The minimum atomic E-state index is -3.85. The number of carbonyl (C=O) groups excluding carboxylic acids is 1. The molecule has 31 heavy (non-hydrogen) atoms. The summed E-state index contributed by atoms with van der Waals surface area (Å²) in [6.07, 6.45) is 0. The number of sulfonamides is 1. The van der Waals surface area contributed by atoms with Crippen LogP contribution in [-0.4, -0.2) is 70.4 Å². The molecule has 1 fully saturated rings. The molecule has 0 aromatic heterocycles. The van der Waals surface area contributed by atoms with Gasteiger partial charge in [-0.05, 0) is 49.2 Å². The Hall–Kier alpha value is -2.29. The summed E-state index contributed by atoms with van der Waals surface area (Å²) in [6.45, 7) is 6.48. The normalized spacial score (nSPS) is 14.8. The van der Waals surface area contributed by atoms with Crippen molar-refractivity contribution >= 4 is 33.2 Å². The van der Waals surface area contributed by atoms with Gasteiger partial charge in [-0.1, -0.05) is 23.7 Å². The van der Waals surface area contributed by atoms with Crippen LogP contribution in [0.1, 0.15) is 11.1 Å². The van der Waals surface area contributed by atoms with Crippen molar-refractivity contribution in [3.63, 3.8) is 0 Å². The highest BCUT2D eigenvalue weighted by atomic mass is 35.5. The maximum atomic E-state index is 12.9. The maximum absolute atomic E-state index is 12.9. The van der Waals surface area contributed by atoms with Gasteiger partial charge in [-0.15, -0.1) is 0 Å². The van der Waals surface area contributed by atoms with Crippen LogP contribution in [0.25, 0.3) is 0 Å². The number of anilines is 1. The molecule has 0 radical (unpaired) electrons. The van der Waals surface area contributed by atoms with Crippen molar-refractivity contribution < 1.29 is 17.9 Å². The Kier molecular flexibility index (Phi) is 7.13. The highest BCUT2D eigenvalue weighted by Gasteiger charge is 2.28. The molecule has 0 N–H and O–H groups in total. The van der Waals surface area contributed by atoms with Crippen LogP contribution in [0.15, 0.2) is 41.3 Å². The molecule has 0 saturated carbocycles. The van der Waals surface area contributed by atoms with Crippen LogP contribution in [-0.2, 0) is 14.8 Å². The number of rotatable bonds is 6. The van der Waals surface area contributed by atoms with Crippen LogP contribution in [0, 0.1) is 13.8 Å². The van der Waals surface area contributed by atoms with E-state index < -0.39 is 10.0 Å². The Labute approximate surface area is 189 Å². The van der Waals surface area contributed by atoms with Crippen LogP contribution in [0.5, 0.6) is 5.75 Å². The lowest BCUT2D eigenvalue weighted by molar-refractivity contribution is -0.131. The number of hydrogen-bond acceptors (Lipinski definition) is 5. The topological polar surface area (TPSA) is 70.2 Å². The van der Waals surface area contributed by atoms with Crippen LogP contribution in [0.4, 0.5) is 5.69 Å². The Balaban J connectivity index is 1.62. The van der Waals surface area contributed by atoms with E-state index in [0.717, 1.165) is 4.31 Å². The molecule has 168 valence electrons. The molecule has 0 bridgehead atoms. The van der Waals surface area contributed by atoms with E-state index in [1.807, 2.05) is 6.07 Å². The monoisotopic (exact) mass is 465 g/mol. The molecule has 9 heteroatoms. The number of aryl methyl sites for hydroxylation is 1. The largest absolute Gasteiger partial charge is 0.495 e. The van der Waals surface area contributed by atoms with E-state index >= 15 is 0 Å². The summed E-state index contributed by atoms with van der Waals surface area (Å²) in [4.78, 5) is 16.8. The van der Waals surface area contributed by atoms with Crippen molar-refractivity contribution in [1.82, 2.24) is 9.21 Å². The Bertz CT molecular complexity index is 1070. The predicted octanol–water partition coefficient (Wildman–Crippen LogP) is 2.93. The molecule has 0 atom stereocenters. The SMILES string of the molecule is COc1ccc(S(=O)(=O)N(C)CC(=O)N2CCN(c3cccc(C)c3C)CC2)cc1Cl. The number of piperazine rings is 1. The van der Waals surface area contributed by atoms with Crippen LogP contribution in [0.3, 0.4) is 0 Å². The van der Waals surface area contributed by atoms with Gasteiger partial charge in [-0.25, -0.2) is 8.42 Å². The van der Waals surface area contributed by atoms with Gasteiger partial charge in [0, 0.05) is 38.9 Å². The highest BCUT2D eigenvalue weighted by Crippen LogP contribution is 2.28. The quantitative estimate of drug-likeness (QED) is 0.656.